The normalized spacial score (nSPS) is 12.1. The fraction of sp³-hybridized carbons (Fsp3) is 0.188. The third-order valence-electron chi connectivity index (χ3n) is 3.11. The van der Waals surface area contributed by atoms with Crippen LogP contribution in [0, 0.1) is 11.7 Å². The predicted molar refractivity (Wildman–Crippen MR) is 73.0 cm³/mol. The molecule has 0 amide bonds. The van der Waals surface area contributed by atoms with Gasteiger partial charge >= 0.3 is 5.97 Å². The lowest BCUT2D eigenvalue weighted by molar-refractivity contribution is -0.141. The SMILES string of the molecule is O=C(O)C(Cc1cccc(O)c1)Cc1cccc(F)c1. The zero-order valence-electron chi connectivity index (χ0n) is 10.8. The van der Waals surface area contributed by atoms with Gasteiger partial charge in [0, 0.05) is 0 Å². The van der Waals surface area contributed by atoms with Crippen LogP contribution in [-0.2, 0) is 17.6 Å². The first-order valence-electron chi connectivity index (χ1n) is 6.30. The van der Waals surface area contributed by atoms with E-state index in [-0.39, 0.29) is 18.0 Å². The summed E-state index contributed by atoms with van der Waals surface area (Å²) in [5, 5.41) is 18.7. The predicted octanol–water partition coefficient (Wildman–Crippen LogP) is 3.02. The number of hydrogen-bond acceptors (Lipinski definition) is 2. The van der Waals surface area contributed by atoms with Crippen molar-refractivity contribution in [2.24, 2.45) is 5.92 Å². The molecule has 0 saturated heterocycles. The number of carboxylic acids is 1. The molecule has 0 heterocycles. The molecule has 0 aromatic heterocycles. The van der Waals surface area contributed by atoms with Gasteiger partial charge in [0.15, 0.2) is 0 Å². The Balaban J connectivity index is 2.13. The fourth-order valence-corrected chi connectivity index (χ4v) is 2.16. The number of phenols is 1. The van der Waals surface area contributed by atoms with Crippen molar-refractivity contribution < 1.29 is 19.4 Å². The summed E-state index contributed by atoms with van der Waals surface area (Å²) >= 11 is 0. The lowest BCUT2D eigenvalue weighted by atomic mass is 9.92. The number of benzene rings is 2. The van der Waals surface area contributed by atoms with Crippen molar-refractivity contribution in [1.29, 1.82) is 0 Å². The van der Waals surface area contributed by atoms with E-state index in [1.165, 1.54) is 18.2 Å². The summed E-state index contributed by atoms with van der Waals surface area (Å²) in [7, 11) is 0. The van der Waals surface area contributed by atoms with E-state index in [2.05, 4.69) is 0 Å². The molecule has 2 N–H and O–H groups in total. The van der Waals surface area contributed by atoms with Crippen LogP contribution in [0.15, 0.2) is 48.5 Å². The van der Waals surface area contributed by atoms with Crippen LogP contribution in [0.25, 0.3) is 0 Å². The highest BCUT2D eigenvalue weighted by Crippen LogP contribution is 2.19. The summed E-state index contributed by atoms with van der Waals surface area (Å²) in [6, 6.07) is 12.5. The maximum Gasteiger partial charge on any atom is 0.307 e. The zero-order valence-corrected chi connectivity index (χ0v) is 10.8. The van der Waals surface area contributed by atoms with E-state index in [0.29, 0.717) is 12.0 Å². The molecule has 0 aliphatic heterocycles. The van der Waals surface area contributed by atoms with Gasteiger partial charge in [0.1, 0.15) is 11.6 Å². The highest BCUT2D eigenvalue weighted by molar-refractivity contribution is 5.71. The van der Waals surface area contributed by atoms with Gasteiger partial charge in [-0.15, -0.1) is 0 Å². The molecule has 3 nitrogen and oxygen atoms in total. The van der Waals surface area contributed by atoms with Crippen molar-refractivity contribution in [3.05, 3.63) is 65.5 Å². The Morgan fingerprint density at radius 3 is 2.20 bits per heavy atom. The standard InChI is InChI=1S/C16H15FO3/c17-14-5-1-3-11(9-14)7-13(16(19)20)8-12-4-2-6-15(18)10-12/h1-6,9-10,13,18H,7-8H2,(H,19,20). The van der Waals surface area contributed by atoms with Crippen molar-refractivity contribution in [3.63, 3.8) is 0 Å². The lowest BCUT2D eigenvalue weighted by Crippen LogP contribution is -2.19. The van der Waals surface area contributed by atoms with E-state index >= 15 is 0 Å². The van der Waals surface area contributed by atoms with E-state index in [4.69, 9.17) is 0 Å². The summed E-state index contributed by atoms with van der Waals surface area (Å²) in [5.74, 6) is -1.85. The minimum absolute atomic E-state index is 0.109. The number of carbonyl (C=O) groups is 1. The van der Waals surface area contributed by atoms with Gasteiger partial charge in [0.25, 0.3) is 0 Å². The number of rotatable bonds is 5. The lowest BCUT2D eigenvalue weighted by Gasteiger charge is -2.13. The molecule has 0 saturated carbocycles. The molecule has 0 aliphatic carbocycles. The first-order valence-corrected chi connectivity index (χ1v) is 6.30. The summed E-state index contributed by atoms with van der Waals surface area (Å²) in [4.78, 5) is 11.3. The fourth-order valence-electron chi connectivity index (χ4n) is 2.16. The molecule has 1 unspecified atom stereocenters. The molecule has 1 atom stereocenters. The third kappa shape index (κ3) is 3.82. The van der Waals surface area contributed by atoms with Gasteiger partial charge in [-0.3, -0.25) is 4.79 Å². The Morgan fingerprint density at radius 1 is 1.05 bits per heavy atom. The molecule has 0 fully saturated rings. The number of aromatic hydroxyl groups is 1. The van der Waals surface area contributed by atoms with Gasteiger partial charge in [0.05, 0.1) is 5.92 Å². The summed E-state index contributed by atoms with van der Waals surface area (Å²) in [6.45, 7) is 0. The van der Waals surface area contributed by atoms with Crippen molar-refractivity contribution in [2.45, 2.75) is 12.8 Å². The van der Waals surface area contributed by atoms with Gasteiger partial charge in [-0.2, -0.15) is 0 Å². The van der Waals surface area contributed by atoms with Crippen molar-refractivity contribution in [2.75, 3.05) is 0 Å². The molecule has 0 radical (unpaired) electrons. The molecule has 2 rings (SSSR count). The minimum atomic E-state index is -0.933. The van der Waals surface area contributed by atoms with Crippen LogP contribution < -0.4 is 0 Å². The van der Waals surface area contributed by atoms with E-state index in [1.807, 2.05) is 0 Å². The highest BCUT2D eigenvalue weighted by atomic mass is 19.1. The van der Waals surface area contributed by atoms with Gasteiger partial charge in [-0.05, 0) is 48.2 Å². The van der Waals surface area contributed by atoms with Gasteiger partial charge in [-0.1, -0.05) is 24.3 Å². The Bertz CT molecular complexity index is 563. The maximum absolute atomic E-state index is 13.1. The van der Waals surface area contributed by atoms with Gasteiger partial charge < -0.3 is 10.2 Å². The summed E-state index contributed by atoms with van der Waals surface area (Å²) in [6.07, 6.45) is 0.545. The smallest absolute Gasteiger partial charge is 0.307 e. The number of aliphatic carboxylic acids is 1. The molecular formula is C16H15FO3. The van der Waals surface area contributed by atoms with E-state index < -0.39 is 11.9 Å². The van der Waals surface area contributed by atoms with Crippen molar-refractivity contribution in [3.8, 4) is 5.75 Å². The van der Waals surface area contributed by atoms with Crippen molar-refractivity contribution >= 4 is 5.97 Å². The average molecular weight is 274 g/mol. The van der Waals surface area contributed by atoms with Crippen LogP contribution in [0.5, 0.6) is 5.75 Å². The number of hydrogen-bond donors (Lipinski definition) is 2. The first kappa shape index (κ1) is 14.1. The third-order valence-corrected chi connectivity index (χ3v) is 3.11. The molecule has 20 heavy (non-hydrogen) atoms. The molecular weight excluding hydrogens is 259 g/mol. The van der Waals surface area contributed by atoms with E-state index in [1.54, 1.807) is 30.3 Å². The van der Waals surface area contributed by atoms with Crippen LogP contribution in [0.3, 0.4) is 0 Å². The van der Waals surface area contributed by atoms with Crippen LogP contribution in [-0.4, -0.2) is 16.2 Å². The topological polar surface area (TPSA) is 57.5 Å². The van der Waals surface area contributed by atoms with Gasteiger partial charge in [0.2, 0.25) is 0 Å². The maximum atomic E-state index is 13.1. The van der Waals surface area contributed by atoms with Crippen LogP contribution in [0.4, 0.5) is 4.39 Å². The molecule has 2 aromatic rings. The van der Waals surface area contributed by atoms with Gasteiger partial charge in [-0.25, -0.2) is 4.39 Å². The Hall–Kier alpha value is -2.36. The molecule has 0 aliphatic rings. The Morgan fingerprint density at radius 2 is 1.65 bits per heavy atom. The molecule has 2 aromatic carbocycles. The van der Waals surface area contributed by atoms with E-state index in [9.17, 15) is 19.4 Å². The largest absolute Gasteiger partial charge is 0.508 e. The Kier molecular flexibility index (Phi) is 4.35. The van der Waals surface area contributed by atoms with E-state index in [0.717, 1.165) is 5.56 Å². The van der Waals surface area contributed by atoms with Crippen LogP contribution in [0.1, 0.15) is 11.1 Å². The zero-order chi connectivity index (χ0) is 14.5. The first-order chi connectivity index (χ1) is 9.54. The second-order valence-electron chi connectivity index (χ2n) is 4.74. The quantitative estimate of drug-likeness (QED) is 0.881. The number of halogens is 1. The summed E-state index contributed by atoms with van der Waals surface area (Å²) in [5.41, 5.74) is 1.39. The Labute approximate surface area is 116 Å². The molecule has 0 spiro atoms. The molecule has 0 bridgehead atoms. The summed E-state index contributed by atoms with van der Waals surface area (Å²) < 4.78 is 13.1. The molecule has 4 heteroatoms. The van der Waals surface area contributed by atoms with Crippen LogP contribution in [0.2, 0.25) is 0 Å². The second kappa shape index (κ2) is 6.19. The minimum Gasteiger partial charge on any atom is -0.508 e. The highest BCUT2D eigenvalue weighted by Gasteiger charge is 2.19. The van der Waals surface area contributed by atoms with Crippen molar-refractivity contribution in [1.82, 2.24) is 0 Å². The molecule has 104 valence electrons. The van der Waals surface area contributed by atoms with Crippen LogP contribution >= 0.6 is 0 Å². The average Bonchev–Trinajstić information content (AvgIpc) is 2.38. The number of phenolic OH excluding ortho intramolecular Hbond substituents is 1. The monoisotopic (exact) mass is 274 g/mol. The number of carboxylic acid groups (broad SMARTS) is 1. The second-order valence-corrected chi connectivity index (χ2v) is 4.74.